The summed E-state index contributed by atoms with van der Waals surface area (Å²) in [5, 5.41) is 3.18. The molecule has 0 bridgehead atoms. The molecule has 0 aromatic heterocycles. The molecule has 0 amide bonds. The van der Waals surface area contributed by atoms with E-state index in [1.54, 1.807) is 13.2 Å². The molecule has 0 aliphatic rings. The highest BCUT2D eigenvalue weighted by Gasteiger charge is 2.19. The fourth-order valence-corrected chi connectivity index (χ4v) is 1.70. The van der Waals surface area contributed by atoms with Crippen molar-refractivity contribution in [3.63, 3.8) is 0 Å². The molecular formula is C13H19NO2. The molecule has 0 aliphatic carbocycles. The molecular weight excluding hydrogens is 202 g/mol. The highest BCUT2D eigenvalue weighted by atomic mass is 16.5. The lowest BCUT2D eigenvalue weighted by Crippen LogP contribution is -2.36. The minimum atomic E-state index is -0.124. The molecule has 1 rings (SSSR count). The van der Waals surface area contributed by atoms with Gasteiger partial charge in [0.2, 0.25) is 0 Å². The van der Waals surface area contributed by atoms with Gasteiger partial charge in [-0.25, -0.2) is 0 Å². The zero-order valence-corrected chi connectivity index (χ0v) is 10.1. The van der Waals surface area contributed by atoms with Gasteiger partial charge in [0, 0.05) is 0 Å². The van der Waals surface area contributed by atoms with Crippen molar-refractivity contribution in [3.8, 4) is 5.75 Å². The maximum Gasteiger partial charge on any atom is 0.183 e. The smallest absolute Gasteiger partial charge is 0.183 e. The first-order valence-corrected chi connectivity index (χ1v) is 5.65. The Hall–Kier alpha value is -1.35. The minimum Gasteiger partial charge on any atom is -0.496 e. The Morgan fingerprint density at radius 3 is 2.62 bits per heavy atom. The Kier molecular flexibility index (Phi) is 4.99. The molecule has 0 radical (unpaired) electrons. The van der Waals surface area contributed by atoms with Gasteiger partial charge in [-0.05, 0) is 25.1 Å². The van der Waals surface area contributed by atoms with Crippen LogP contribution in [0.2, 0.25) is 0 Å². The van der Waals surface area contributed by atoms with Crippen molar-refractivity contribution in [1.29, 1.82) is 0 Å². The van der Waals surface area contributed by atoms with E-state index in [-0.39, 0.29) is 11.8 Å². The summed E-state index contributed by atoms with van der Waals surface area (Å²) in [6, 6.07) is 7.21. The summed E-state index contributed by atoms with van der Waals surface area (Å²) in [6.45, 7) is 4.79. The van der Waals surface area contributed by atoms with Gasteiger partial charge >= 0.3 is 0 Å². The first-order chi connectivity index (χ1) is 7.74. The van der Waals surface area contributed by atoms with Crippen LogP contribution in [0.4, 0.5) is 0 Å². The lowest BCUT2D eigenvalue weighted by Gasteiger charge is -2.16. The molecule has 88 valence electrons. The molecule has 0 saturated carbocycles. The van der Waals surface area contributed by atoms with Crippen LogP contribution in [0.1, 0.15) is 30.6 Å². The SMILES string of the molecule is CCNC(CC)C(=O)c1ccccc1OC. The topological polar surface area (TPSA) is 38.3 Å². The number of para-hydroxylation sites is 1. The number of carbonyl (C=O) groups is 1. The Balaban J connectivity index is 2.93. The van der Waals surface area contributed by atoms with E-state index in [2.05, 4.69) is 5.32 Å². The lowest BCUT2D eigenvalue weighted by molar-refractivity contribution is 0.0938. The van der Waals surface area contributed by atoms with Crippen LogP contribution in [0.25, 0.3) is 0 Å². The molecule has 3 heteroatoms. The summed E-state index contributed by atoms with van der Waals surface area (Å²) in [5.41, 5.74) is 0.651. The number of hydrogen-bond acceptors (Lipinski definition) is 3. The normalized spacial score (nSPS) is 12.2. The van der Waals surface area contributed by atoms with Gasteiger partial charge in [-0.3, -0.25) is 4.79 Å². The first kappa shape index (κ1) is 12.7. The van der Waals surface area contributed by atoms with Gasteiger partial charge in [0.1, 0.15) is 5.75 Å². The van der Waals surface area contributed by atoms with E-state index in [1.807, 2.05) is 32.0 Å². The molecule has 1 aromatic carbocycles. The summed E-state index contributed by atoms with van der Waals surface area (Å²) in [5.74, 6) is 0.741. The lowest BCUT2D eigenvalue weighted by atomic mass is 10.0. The van der Waals surface area contributed by atoms with Gasteiger partial charge in [0.05, 0.1) is 18.7 Å². The second kappa shape index (κ2) is 6.28. The van der Waals surface area contributed by atoms with Crippen LogP contribution in [0.5, 0.6) is 5.75 Å². The zero-order valence-electron chi connectivity index (χ0n) is 10.1. The molecule has 0 saturated heterocycles. The highest BCUT2D eigenvalue weighted by molar-refractivity contribution is 6.02. The van der Waals surface area contributed by atoms with Crippen LogP contribution < -0.4 is 10.1 Å². The van der Waals surface area contributed by atoms with Gasteiger partial charge < -0.3 is 10.1 Å². The van der Waals surface area contributed by atoms with Crippen molar-refractivity contribution < 1.29 is 9.53 Å². The van der Waals surface area contributed by atoms with E-state index in [1.165, 1.54) is 0 Å². The Morgan fingerprint density at radius 2 is 2.06 bits per heavy atom. The van der Waals surface area contributed by atoms with Gasteiger partial charge in [-0.2, -0.15) is 0 Å². The van der Waals surface area contributed by atoms with Gasteiger partial charge in [0.15, 0.2) is 5.78 Å². The molecule has 0 fully saturated rings. The van der Waals surface area contributed by atoms with Gasteiger partial charge in [-0.15, -0.1) is 0 Å². The summed E-state index contributed by atoms with van der Waals surface area (Å²) >= 11 is 0. The molecule has 1 N–H and O–H groups in total. The van der Waals surface area contributed by atoms with Crippen molar-refractivity contribution in [2.75, 3.05) is 13.7 Å². The molecule has 1 unspecified atom stereocenters. The van der Waals surface area contributed by atoms with Crippen molar-refractivity contribution in [2.24, 2.45) is 0 Å². The number of nitrogens with one attached hydrogen (secondary N) is 1. The van der Waals surface area contributed by atoms with Crippen molar-refractivity contribution in [2.45, 2.75) is 26.3 Å². The summed E-state index contributed by atoms with van der Waals surface area (Å²) < 4.78 is 5.19. The maximum atomic E-state index is 12.2. The van der Waals surface area contributed by atoms with E-state index in [0.717, 1.165) is 13.0 Å². The van der Waals surface area contributed by atoms with Crippen LogP contribution >= 0.6 is 0 Å². The third kappa shape index (κ3) is 2.83. The fourth-order valence-electron chi connectivity index (χ4n) is 1.70. The summed E-state index contributed by atoms with van der Waals surface area (Å²) in [7, 11) is 1.58. The van der Waals surface area contributed by atoms with E-state index < -0.39 is 0 Å². The second-order valence-corrected chi connectivity index (χ2v) is 3.58. The molecule has 16 heavy (non-hydrogen) atoms. The van der Waals surface area contributed by atoms with Crippen LogP contribution in [-0.4, -0.2) is 25.5 Å². The third-order valence-corrected chi connectivity index (χ3v) is 2.55. The summed E-state index contributed by atoms with van der Waals surface area (Å²) in [4.78, 5) is 12.2. The second-order valence-electron chi connectivity index (χ2n) is 3.58. The number of methoxy groups -OCH3 is 1. The van der Waals surface area contributed by atoms with Crippen LogP contribution in [0, 0.1) is 0 Å². The van der Waals surface area contributed by atoms with Crippen LogP contribution in [0.3, 0.4) is 0 Å². The number of ketones is 1. The Labute approximate surface area is 96.8 Å². The molecule has 0 aliphatic heterocycles. The standard InChI is InChI=1S/C13H19NO2/c1-4-11(14-5-2)13(15)10-8-6-7-9-12(10)16-3/h6-9,11,14H,4-5H2,1-3H3. The predicted molar refractivity (Wildman–Crippen MR) is 65.1 cm³/mol. The number of Topliss-reactive ketones (excluding diaryl/α,β-unsaturated/α-hetero) is 1. The number of hydrogen-bond donors (Lipinski definition) is 1. The number of rotatable bonds is 6. The maximum absolute atomic E-state index is 12.2. The Morgan fingerprint density at radius 1 is 1.38 bits per heavy atom. The van der Waals surface area contributed by atoms with Crippen LogP contribution in [0.15, 0.2) is 24.3 Å². The minimum absolute atomic E-state index is 0.0989. The van der Waals surface area contributed by atoms with E-state index in [9.17, 15) is 4.79 Å². The highest BCUT2D eigenvalue weighted by Crippen LogP contribution is 2.19. The largest absolute Gasteiger partial charge is 0.496 e. The van der Waals surface area contributed by atoms with Gasteiger partial charge in [0.25, 0.3) is 0 Å². The average Bonchev–Trinajstić information content (AvgIpc) is 2.35. The van der Waals surface area contributed by atoms with Crippen molar-refractivity contribution >= 4 is 5.78 Å². The fraction of sp³-hybridized carbons (Fsp3) is 0.462. The molecule has 1 aromatic rings. The third-order valence-electron chi connectivity index (χ3n) is 2.55. The van der Waals surface area contributed by atoms with Gasteiger partial charge in [-0.1, -0.05) is 26.0 Å². The molecule has 3 nitrogen and oxygen atoms in total. The molecule has 1 atom stereocenters. The number of carbonyl (C=O) groups excluding carboxylic acids is 1. The quantitative estimate of drug-likeness (QED) is 0.749. The van der Waals surface area contributed by atoms with Crippen molar-refractivity contribution in [1.82, 2.24) is 5.32 Å². The van der Waals surface area contributed by atoms with E-state index in [0.29, 0.717) is 11.3 Å². The zero-order chi connectivity index (χ0) is 12.0. The van der Waals surface area contributed by atoms with Crippen LogP contribution in [-0.2, 0) is 0 Å². The van der Waals surface area contributed by atoms with Crippen molar-refractivity contribution in [3.05, 3.63) is 29.8 Å². The predicted octanol–water partition coefficient (Wildman–Crippen LogP) is 2.27. The monoisotopic (exact) mass is 221 g/mol. The van der Waals surface area contributed by atoms with E-state index >= 15 is 0 Å². The molecule has 0 spiro atoms. The first-order valence-electron chi connectivity index (χ1n) is 5.65. The summed E-state index contributed by atoms with van der Waals surface area (Å²) in [6.07, 6.45) is 0.782. The number of ether oxygens (including phenoxy) is 1. The average molecular weight is 221 g/mol. The number of benzene rings is 1. The van der Waals surface area contributed by atoms with E-state index in [4.69, 9.17) is 4.74 Å². The molecule has 0 heterocycles. The Bertz CT molecular complexity index is 350. The number of likely N-dealkylation sites (N-methyl/N-ethyl adjacent to an activating group) is 1.